The van der Waals surface area contributed by atoms with Crippen molar-refractivity contribution in [1.29, 1.82) is 0 Å². The average molecular weight is 366 g/mol. The van der Waals surface area contributed by atoms with Gasteiger partial charge in [0.1, 0.15) is 0 Å². The van der Waals surface area contributed by atoms with Gasteiger partial charge in [0.05, 0.1) is 14.4 Å². The van der Waals surface area contributed by atoms with Gasteiger partial charge in [0.2, 0.25) is 0 Å². The van der Waals surface area contributed by atoms with E-state index in [4.69, 9.17) is 0 Å². The number of anilines is 1. The molecule has 0 radical (unpaired) electrons. The molecular weight excluding hydrogens is 358 g/mol. The predicted octanol–water partition coefficient (Wildman–Crippen LogP) is 4.28. The Morgan fingerprint density at radius 2 is 2.00 bits per heavy atom. The molecule has 3 aromatic rings. The zero-order valence-electron chi connectivity index (χ0n) is 10.0. The summed E-state index contributed by atoms with van der Waals surface area (Å²) in [7, 11) is 0. The van der Waals surface area contributed by atoms with Crippen molar-refractivity contribution in [1.82, 2.24) is 9.97 Å². The molecule has 3 heterocycles. The molecule has 0 atom stereocenters. The van der Waals surface area contributed by atoms with E-state index in [1.165, 1.54) is 11.3 Å². The quantitative estimate of drug-likeness (QED) is 0.753. The first-order chi connectivity index (χ1) is 9.72. The summed E-state index contributed by atoms with van der Waals surface area (Å²) in [4.78, 5) is 21.4. The molecule has 0 aromatic carbocycles. The van der Waals surface area contributed by atoms with Crippen LogP contribution in [0.3, 0.4) is 0 Å². The third-order valence-corrected chi connectivity index (χ3v) is 4.90. The number of hydrogen-bond donors (Lipinski definition) is 1. The van der Waals surface area contributed by atoms with Crippen LogP contribution in [-0.4, -0.2) is 15.9 Å². The molecule has 0 aliphatic carbocycles. The van der Waals surface area contributed by atoms with Crippen LogP contribution in [0.2, 0.25) is 0 Å². The van der Waals surface area contributed by atoms with E-state index < -0.39 is 0 Å². The molecule has 7 heteroatoms. The van der Waals surface area contributed by atoms with Crippen LogP contribution in [0, 0.1) is 0 Å². The number of halogens is 1. The average Bonchev–Trinajstić information content (AvgIpc) is 3.09. The van der Waals surface area contributed by atoms with Crippen LogP contribution in [0.5, 0.6) is 0 Å². The van der Waals surface area contributed by atoms with E-state index in [0.717, 1.165) is 14.4 Å². The molecule has 4 nitrogen and oxygen atoms in total. The molecule has 3 aromatic heterocycles. The van der Waals surface area contributed by atoms with Gasteiger partial charge in [-0.05, 0) is 40.2 Å². The van der Waals surface area contributed by atoms with Gasteiger partial charge in [-0.25, -0.2) is 4.98 Å². The van der Waals surface area contributed by atoms with E-state index in [1.54, 1.807) is 35.9 Å². The van der Waals surface area contributed by atoms with E-state index in [1.807, 2.05) is 17.5 Å². The summed E-state index contributed by atoms with van der Waals surface area (Å²) in [6, 6.07) is 7.31. The lowest BCUT2D eigenvalue weighted by atomic mass is 10.2. The van der Waals surface area contributed by atoms with Gasteiger partial charge >= 0.3 is 0 Å². The van der Waals surface area contributed by atoms with E-state index in [9.17, 15) is 4.79 Å². The number of thiazole rings is 1. The van der Waals surface area contributed by atoms with E-state index in [0.29, 0.717) is 10.7 Å². The Labute approximate surface area is 131 Å². The minimum Gasteiger partial charge on any atom is -0.298 e. The molecule has 0 bridgehead atoms. The molecule has 1 amide bonds. The van der Waals surface area contributed by atoms with Crippen LogP contribution in [-0.2, 0) is 0 Å². The molecule has 100 valence electrons. The summed E-state index contributed by atoms with van der Waals surface area (Å²) in [5.74, 6) is -0.180. The van der Waals surface area contributed by atoms with Gasteiger partial charge in [-0.1, -0.05) is 0 Å². The minimum atomic E-state index is -0.180. The molecule has 20 heavy (non-hydrogen) atoms. The second kappa shape index (κ2) is 5.82. The summed E-state index contributed by atoms with van der Waals surface area (Å²) in [5, 5.41) is 5.31. The van der Waals surface area contributed by atoms with Crippen LogP contribution in [0.1, 0.15) is 10.4 Å². The van der Waals surface area contributed by atoms with Gasteiger partial charge in [-0.3, -0.25) is 15.1 Å². The van der Waals surface area contributed by atoms with E-state index in [2.05, 4.69) is 31.2 Å². The van der Waals surface area contributed by atoms with Gasteiger partial charge < -0.3 is 0 Å². The normalized spacial score (nSPS) is 10.4. The lowest BCUT2D eigenvalue weighted by Gasteiger charge is -2.00. The molecule has 0 spiro atoms. The molecular formula is C13H8BrN3OS2. The van der Waals surface area contributed by atoms with Crippen molar-refractivity contribution in [2.75, 3.05) is 5.32 Å². The fraction of sp³-hybridized carbons (Fsp3) is 0. The largest absolute Gasteiger partial charge is 0.298 e. The first-order valence-electron chi connectivity index (χ1n) is 5.65. The minimum absolute atomic E-state index is 0.180. The maximum absolute atomic E-state index is 12.0. The van der Waals surface area contributed by atoms with Crippen molar-refractivity contribution in [3.05, 3.63) is 51.4 Å². The maximum atomic E-state index is 12.0. The Kier molecular flexibility index (Phi) is 3.90. The summed E-state index contributed by atoms with van der Waals surface area (Å²) in [6.07, 6.45) is 3.18. The van der Waals surface area contributed by atoms with E-state index >= 15 is 0 Å². The van der Waals surface area contributed by atoms with Crippen molar-refractivity contribution in [3.8, 4) is 10.6 Å². The maximum Gasteiger partial charge on any atom is 0.257 e. The third-order valence-electron chi connectivity index (χ3n) is 2.49. The second-order valence-corrected chi connectivity index (χ2v) is 7.15. The predicted molar refractivity (Wildman–Crippen MR) is 85.3 cm³/mol. The molecule has 0 saturated carbocycles. The number of pyridine rings is 1. The second-order valence-electron chi connectivity index (χ2n) is 3.83. The lowest BCUT2D eigenvalue weighted by Crippen LogP contribution is -2.11. The topological polar surface area (TPSA) is 54.9 Å². The summed E-state index contributed by atoms with van der Waals surface area (Å²) >= 11 is 6.44. The highest BCUT2D eigenvalue weighted by Crippen LogP contribution is 2.33. The van der Waals surface area contributed by atoms with Crippen molar-refractivity contribution < 1.29 is 4.79 Å². The van der Waals surface area contributed by atoms with Crippen LogP contribution in [0.15, 0.2) is 45.8 Å². The van der Waals surface area contributed by atoms with Gasteiger partial charge in [0.15, 0.2) is 5.13 Å². The van der Waals surface area contributed by atoms with Crippen LogP contribution < -0.4 is 5.32 Å². The Balaban J connectivity index is 1.76. The van der Waals surface area contributed by atoms with Gasteiger partial charge in [0, 0.05) is 23.3 Å². The molecule has 0 aliphatic rings. The number of rotatable bonds is 3. The zero-order chi connectivity index (χ0) is 13.9. The number of thiophene rings is 1. The molecule has 1 N–H and O–H groups in total. The SMILES string of the molecule is O=C(Nc1nc(-c2ccc(Br)s2)cs1)c1ccncc1. The lowest BCUT2D eigenvalue weighted by molar-refractivity contribution is 0.102. The monoisotopic (exact) mass is 365 g/mol. The third kappa shape index (κ3) is 2.95. The molecule has 0 saturated heterocycles. The molecule has 0 aliphatic heterocycles. The van der Waals surface area contributed by atoms with Gasteiger partial charge in [-0.2, -0.15) is 0 Å². The van der Waals surface area contributed by atoms with Gasteiger partial charge in [-0.15, -0.1) is 22.7 Å². The highest BCUT2D eigenvalue weighted by molar-refractivity contribution is 9.11. The number of aromatic nitrogens is 2. The van der Waals surface area contributed by atoms with Crippen LogP contribution in [0.4, 0.5) is 5.13 Å². The Morgan fingerprint density at radius 1 is 1.20 bits per heavy atom. The number of nitrogens with one attached hydrogen (secondary N) is 1. The molecule has 0 fully saturated rings. The smallest absolute Gasteiger partial charge is 0.257 e. The number of hydrogen-bond acceptors (Lipinski definition) is 5. The highest BCUT2D eigenvalue weighted by Gasteiger charge is 2.10. The summed E-state index contributed by atoms with van der Waals surface area (Å²) in [5.41, 5.74) is 1.44. The van der Waals surface area contributed by atoms with Crippen molar-refractivity contribution in [2.24, 2.45) is 0 Å². The highest BCUT2D eigenvalue weighted by atomic mass is 79.9. The zero-order valence-corrected chi connectivity index (χ0v) is 13.3. The first-order valence-corrected chi connectivity index (χ1v) is 8.14. The van der Waals surface area contributed by atoms with Crippen molar-refractivity contribution in [3.63, 3.8) is 0 Å². The van der Waals surface area contributed by atoms with Crippen LogP contribution in [0.25, 0.3) is 10.6 Å². The first kappa shape index (κ1) is 13.4. The van der Waals surface area contributed by atoms with Crippen LogP contribution >= 0.6 is 38.6 Å². The Bertz CT molecular complexity index is 739. The fourth-order valence-corrected chi connectivity index (χ4v) is 3.70. The number of amides is 1. The standard InChI is InChI=1S/C13H8BrN3OS2/c14-11-2-1-10(20-11)9-7-19-13(16-9)17-12(18)8-3-5-15-6-4-8/h1-7H,(H,16,17,18). The molecule has 0 unspecified atom stereocenters. The summed E-state index contributed by atoms with van der Waals surface area (Å²) < 4.78 is 1.06. The van der Waals surface area contributed by atoms with Crippen molar-refractivity contribution >= 4 is 49.6 Å². The van der Waals surface area contributed by atoms with Gasteiger partial charge in [0.25, 0.3) is 5.91 Å². The Morgan fingerprint density at radius 3 is 2.70 bits per heavy atom. The van der Waals surface area contributed by atoms with Crippen molar-refractivity contribution in [2.45, 2.75) is 0 Å². The molecule has 3 rings (SSSR count). The Hall–Kier alpha value is -1.57. The van der Waals surface area contributed by atoms with E-state index in [-0.39, 0.29) is 5.91 Å². The number of nitrogens with zero attached hydrogens (tertiary/aromatic N) is 2. The number of carbonyl (C=O) groups is 1. The number of carbonyl (C=O) groups excluding carboxylic acids is 1. The summed E-state index contributed by atoms with van der Waals surface area (Å²) in [6.45, 7) is 0. The fourth-order valence-electron chi connectivity index (χ4n) is 1.57.